The molecule has 16 heavy (non-hydrogen) atoms. The average Bonchev–Trinajstić information content (AvgIpc) is 2.39. The predicted molar refractivity (Wildman–Crippen MR) is 66.2 cm³/mol. The first-order chi connectivity index (χ1) is 7.47. The number of ether oxygens (including phenoxy) is 1. The van der Waals surface area contributed by atoms with Crippen molar-refractivity contribution in [1.82, 2.24) is 0 Å². The first-order valence-corrected chi connectivity index (χ1v) is 6.38. The maximum absolute atomic E-state index is 11.5. The lowest BCUT2D eigenvalue weighted by Crippen LogP contribution is -2.22. The van der Waals surface area contributed by atoms with Crippen LogP contribution >= 0.6 is 0 Å². The number of hydrogen-bond donors (Lipinski definition) is 0. The molecule has 1 aliphatic carbocycles. The van der Waals surface area contributed by atoms with Crippen LogP contribution in [0.3, 0.4) is 0 Å². The van der Waals surface area contributed by atoms with E-state index in [2.05, 4.69) is 0 Å². The van der Waals surface area contributed by atoms with Gasteiger partial charge in [0, 0.05) is 6.08 Å². The molecule has 0 aromatic rings. The Morgan fingerprint density at radius 3 is 2.19 bits per heavy atom. The van der Waals surface area contributed by atoms with Gasteiger partial charge in [0.05, 0.1) is 0 Å². The van der Waals surface area contributed by atoms with E-state index in [0.717, 1.165) is 0 Å². The highest BCUT2D eigenvalue weighted by Gasteiger charge is 2.15. The smallest absolute Gasteiger partial charge is 0.330 e. The first kappa shape index (κ1) is 13.3. The van der Waals surface area contributed by atoms with Crippen LogP contribution in [-0.2, 0) is 9.53 Å². The van der Waals surface area contributed by atoms with Crippen molar-refractivity contribution in [2.45, 2.75) is 64.9 Å². The van der Waals surface area contributed by atoms with Crippen molar-refractivity contribution in [3.8, 4) is 0 Å². The average molecular weight is 224 g/mol. The van der Waals surface area contributed by atoms with Gasteiger partial charge >= 0.3 is 5.97 Å². The highest BCUT2D eigenvalue weighted by Crippen LogP contribution is 2.23. The van der Waals surface area contributed by atoms with Gasteiger partial charge < -0.3 is 4.74 Å². The SMILES string of the molecule is CC(C)(C)OC(=O)/C=C/C1CCCCCC1. The Labute approximate surface area is 99.1 Å². The van der Waals surface area contributed by atoms with Crippen molar-refractivity contribution in [3.05, 3.63) is 12.2 Å². The van der Waals surface area contributed by atoms with E-state index in [1.54, 1.807) is 6.08 Å². The Morgan fingerprint density at radius 1 is 1.12 bits per heavy atom. The number of carbonyl (C=O) groups is 1. The van der Waals surface area contributed by atoms with Crippen molar-refractivity contribution < 1.29 is 9.53 Å². The summed E-state index contributed by atoms with van der Waals surface area (Å²) in [6, 6.07) is 0. The number of hydrogen-bond acceptors (Lipinski definition) is 2. The molecular formula is C14H24O2. The predicted octanol–water partition coefficient (Wildman–Crippen LogP) is 3.85. The molecular weight excluding hydrogens is 200 g/mol. The molecule has 0 amide bonds. The third kappa shape index (κ3) is 5.94. The fourth-order valence-electron chi connectivity index (χ4n) is 2.05. The molecule has 0 bridgehead atoms. The van der Waals surface area contributed by atoms with Crippen LogP contribution in [0.1, 0.15) is 59.3 Å². The second kappa shape index (κ2) is 6.07. The summed E-state index contributed by atoms with van der Waals surface area (Å²) < 4.78 is 5.23. The molecule has 0 aromatic carbocycles. The maximum Gasteiger partial charge on any atom is 0.330 e. The summed E-state index contributed by atoms with van der Waals surface area (Å²) in [7, 11) is 0. The quantitative estimate of drug-likeness (QED) is 0.404. The Hall–Kier alpha value is -0.790. The van der Waals surface area contributed by atoms with Gasteiger partial charge in [0.25, 0.3) is 0 Å². The van der Waals surface area contributed by atoms with Crippen LogP contribution in [0.4, 0.5) is 0 Å². The van der Waals surface area contributed by atoms with Gasteiger partial charge in [-0.2, -0.15) is 0 Å². The summed E-state index contributed by atoms with van der Waals surface area (Å²) in [4.78, 5) is 11.5. The van der Waals surface area contributed by atoms with Gasteiger partial charge in [-0.25, -0.2) is 4.79 Å². The van der Waals surface area contributed by atoms with Crippen molar-refractivity contribution >= 4 is 5.97 Å². The molecule has 92 valence electrons. The number of esters is 1. The monoisotopic (exact) mass is 224 g/mol. The Morgan fingerprint density at radius 2 is 1.69 bits per heavy atom. The second-order valence-corrected chi connectivity index (χ2v) is 5.64. The van der Waals surface area contributed by atoms with E-state index < -0.39 is 0 Å². The van der Waals surface area contributed by atoms with Gasteiger partial charge in [0.1, 0.15) is 5.60 Å². The molecule has 1 saturated carbocycles. The van der Waals surface area contributed by atoms with Gasteiger partial charge in [-0.3, -0.25) is 0 Å². The van der Waals surface area contributed by atoms with E-state index in [0.29, 0.717) is 5.92 Å². The number of allylic oxidation sites excluding steroid dienone is 1. The fourth-order valence-corrected chi connectivity index (χ4v) is 2.05. The van der Waals surface area contributed by atoms with Crippen molar-refractivity contribution in [2.24, 2.45) is 5.92 Å². The molecule has 1 rings (SSSR count). The lowest BCUT2D eigenvalue weighted by Gasteiger charge is -2.18. The zero-order chi connectivity index (χ0) is 12.0. The highest BCUT2D eigenvalue weighted by molar-refractivity contribution is 5.82. The molecule has 0 aromatic heterocycles. The Bertz CT molecular complexity index is 240. The zero-order valence-electron chi connectivity index (χ0n) is 10.8. The van der Waals surface area contributed by atoms with E-state index in [1.807, 2.05) is 26.8 Å². The van der Waals surface area contributed by atoms with Crippen LogP contribution in [0, 0.1) is 5.92 Å². The van der Waals surface area contributed by atoms with E-state index in [9.17, 15) is 4.79 Å². The molecule has 1 fully saturated rings. The van der Waals surface area contributed by atoms with Gasteiger partial charge in [-0.05, 0) is 39.5 Å². The lowest BCUT2D eigenvalue weighted by molar-refractivity contribution is -0.148. The van der Waals surface area contributed by atoms with Gasteiger partial charge in [0.2, 0.25) is 0 Å². The summed E-state index contributed by atoms with van der Waals surface area (Å²) in [5, 5.41) is 0. The highest BCUT2D eigenvalue weighted by atomic mass is 16.6. The lowest BCUT2D eigenvalue weighted by atomic mass is 10.00. The van der Waals surface area contributed by atoms with Crippen LogP contribution in [0.2, 0.25) is 0 Å². The van der Waals surface area contributed by atoms with Gasteiger partial charge in [-0.15, -0.1) is 0 Å². The first-order valence-electron chi connectivity index (χ1n) is 6.38. The molecule has 1 aliphatic rings. The summed E-state index contributed by atoms with van der Waals surface area (Å²) in [6.07, 6.45) is 11.4. The van der Waals surface area contributed by atoms with Gasteiger partial charge in [-0.1, -0.05) is 31.8 Å². The minimum atomic E-state index is -0.384. The zero-order valence-corrected chi connectivity index (χ0v) is 10.8. The molecule has 0 N–H and O–H groups in total. The summed E-state index contributed by atoms with van der Waals surface area (Å²) in [5.41, 5.74) is -0.384. The van der Waals surface area contributed by atoms with Crippen LogP contribution in [0.15, 0.2) is 12.2 Å². The van der Waals surface area contributed by atoms with E-state index in [-0.39, 0.29) is 11.6 Å². The summed E-state index contributed by atoms with van der Waals surface area (Å²) >= 11 is 0. The van der Waals surface area contributed by atoms with Crippen LogP contribution in [-0.4, -0.2) is 11.6 Å². The molecule has 0 unspecified atom stereocenters. The summed E-state index contributed by atoms with van der Waals surface area (Å²) in [6.45, 7) is 5.68. The topological polar surface area (TPSA) is 26.3 Å². The minimum Gasteiger partial charge on any atom is -0.457 e. The van der Waals surface area contributed by atoms with E-state index in [1.165, 1.54) is 38.5 Å². The van der Waals surface area contributed by atoms with Crippen molar-refractivity contribution in [3.63, 3.8) is 0 Å². The minimum absolute atomic E-state index is 0.211. The van der Waals surface area contributed by atoms with Crippen molar-refractivity contribution in [2.75, 3.05) is 0 Å². The number of rotatable bonds is 2. The Kier molecular flexibility index (Phi) is 5.04. The number of carbonyl (C=O) groups excluding carboxylic acids is 1. The molecule has 2 nitrogen and oxygen atoms in total. The third-order valence-electron chi connectivity index (χ3n) is 2.81. The standard InChI is InChI=1S/C14H24O2/c1-14(2,3)16-13(15)11-10-12-8-6-4-5-7-9-12/h10-12H,4-9H2,1-3H3/b11-10+. The Balaban J connectivity index is 2.36. The molecule has 0 spiro atoms. The third-order valence-corrected chi connectivity index (χ3v) is 2.81. The largest absolute Gasteiger partial charge is 0.457 e. The van der Waals surface area contributed by atoms with Crippen LogP contribution < -0.4 is 0 Å². The molecule has 0 saturated heterocycles. The molecule has 0 radical (unpaired) electrons. The molecule has 0 aliphatic heterocycles. The normalized spacial score (nSPS) is 19.7. The maximum atomic E-state index is 11.5. The molecule has 0 atom stereocenters. The van der Waals surface area contributed by atoms with Crippen LogP contribution in [0.25, 0.3) is 0 Å². The van der Waals surface area contributed by atoms with Crippen molar-refractivity contribution in [1.29, 1.82) is 0 Å². The molecule has 0 heterocycles. The van der Waals surface area contributed by atoms with Gasteiger partial charge in [0.15, 0.2) is 0 Å². The van der Waals surface area contributed by atoms with E-state index >= 15 is 0 Å². The summed E-state index contributed by atoms with van der Waals surface area (Å²) in [5.74, 6) is 0.367. The van der Waals surface area contributed by atoms with Crippen LogP contribution in [0.5, 0.6) is 0 Å². The fraction of sp³-hybridized carbons (Fsp3) is 0.786. The van der Waals surface area contributed by atoms with E-state index in [4.69, 9.17) is 4.74 Å². The second-order valence-electron chi connectivity index (χ2n) is 5.64. The molecule has 2 heteroatoms.